The fourth-order valence-corrected chi connectivity index (χ4v) is 1.91. The van der Waals surface area contributed by atoms with E-state index in [2.05, 4.69) is 15.8 Å². The fraction of sp³-hybridized carbons (Fsp3) is 0.455. The van der Waals surface area contributed by atoms with E-state index in [1.165, 1.54) is 17.8 Å². The molecule has 0 saturated carbocycles. The van der Waals surface area contributed by atoms with Gasteiger partial charge in [-0.25, -0.2) is 0 Å². The maximum absolute atomic E-state index is 11.8. The van der Waals surface area contributed by atoms with Gasteiger partial charge in [0.2, 0.25) is 5.91 Å². The highest BCUT2D eigenvalue weighted by atomic mass is 32.2. The van der Waals surface area contributed by atoms with Crippen LogP contribution in [-0.2, 0) is 9.59 Å². The Morgan fingerprint density at radius 3 is 2.70 bits per heavy atom. The molecule has 1 atom stereocenters. The zero-order valence-electron chi connectivity index (χ0n) is 11.0. The Morgan fingerprint density at radius 2 is 2.20 bits per heavy atom. The van der Waals surface area contributed by atoms with Crippen LogP contribution in [0.25, 0.3) is 0 Å². The van der Waals surface area contributed by atoms with Crippen LogP contribution in [0.3, 0.4) is 0 Å². The molecule has 0 aliphatic rings. The summed E-state index contributed by atoms with van der Waals surface area (Å²) in [7, 11) is 0. The molecule has 0 aliphatic carbocycles. The molecule has 110 valence electrons. The maximum Gasteiger partial charge on any atom is 0.322 e. The van der Waals surface area contributed by atoms with Crippen molar-refractivity contribution in [3.8, 4) is 0 Å². The highest BCUT2D eigenvalue weighted by molar-refractivity contribution is 7.98. The highest BCUT2D eigenvalue weighted by Crippen LogP contribution is 2.03. The second-order valence-electron chi connectivity index (χ2n) is 3.92. The van der Waals surface area contributed by atoms with Gasteiger partial charge in [-0.1, -0.05) is 5.16 Å². The fourth-order valence-electron chi connectivity index (χ4n) is 1.34. The van der Waals surface area contributed by atoms with Gasteiger partial charge in [-0.2, -0.15) is 11.8 Å². The molecule has 0 unspecified atom stereocenters. The van der Waals surface area contributed by atoms with Gasteiger partial charge in [-0.15, -0.1) is 0 Å². The average Bonchev–Trinajstić information content (AvgIpc) is 2.82. The number of hydrogen-bond acceptors (Lipinski definition) is 6. The standard InChI is InChI=1S/C11H15N3O5S/c1-6-3-7(14-19-6)11(18)13-8(5-20-2)10(17)12-4-9(15)16/h3,8H,4-5H2,1-2H3,(H,12,17)(H,13,18)(H,15,16)/t8-/m1/s1. The van der Waals surface area contributed by atoms with Crippen molar-refractivity contribution < 1.29 is 24.0 Å². The summed E-state index contributed by atoms with van der Waals surface area (Å²) >= 11 is 1.35. The SMILES string of the molecule is CSC[C@@H](NC(=O)c1cc(C)on1)C(=O)NCC(=O)O. The van der Waals surface area contributed by atoms with Crippen LogP contribution in [0.4, 0.5) is 0 Å². The third kappa shape index (κ3) is 4.92. The molecule has 9 heteroatoms. The number of nitrogens with one attached hydrogen (secondary N) is 2. The van der Waals surface area contributed by atoms with E-state index >= 15 is 0 Å². The Morgan fingerprint density at radius 1 is 1.50 bits per heavy atom. The number of hydrogen-bond donors (Lipinski definition) is 3. The van der Waals surface area contributed by atoms with Crippen LogP contribution in [-0.4, -0.2) is 52.6 Å². The molecule has 20 heavy (non-hydrogen) atoms. The summed E-state index contributed by atoms with van der Waals surface area (Å²) in [6, 6.07) is 0.606. The molecule has 0 saturated heterocycles. The summed E-state index contributed by atoms with van der Waals surface area (Å²) < 4.78 is 4.77. The summed E-state index contributed by atoms with van der Waals surface area (Å²) in [5, 5.41) is 16.8. The van der Waals surface area contributed by atoms with Crippen molar-refractivity contribution in [1.82, 2.24) is 15.8 Å². The highest BCUT2D eigenvalue weighted by Gasteiger charge is 2.22. The van der Waals surface area contributed by atoms with E-state index in [-0.39, 0.29) is 5.69 Å². The zero-order chi connectivity index (χ0) is 15.1. The first-order chi connectivity index (χ1) is 9.43. The molecule has 0 fully saturated rings. The van der Waals surface area contributed by atoms with E-state index in [1.54, 1.807) is 13.2 Å². The van der Waals surface area contributed by atoms with Crippen LogP contribution in [0.1, 0.15) is 16.2 Å². The number of aryl methyl sites for hydroxylation is 1. The molecule has 2 amide bonds. The third-order valence-electron chi connectivity index (χ3n) is 2.23. The second-order valence-corrected chi connectivity index (χ2v) is 4.83. The number of carboxylic acid groups (broad SMARTS) is 1. The first-order valence-electron chi connectivity index (χ1n) is 5.66. The molecule has 0 radical (unpaired) electrons. The molecule has 1 rings (SSSR count). The normalized spacial score (nSPS) is 11.7. The number of thioether (sulfide) groups is 1. The molecule has 1 aromatic rings. The molecule has 1 heterocycles. The van der Waals surface area contributed by atoms with Gasteiger partial charge in [0.25, 0.3) is 5.91 Å². The Labute approximate surface area is 119 Å². The Kier molecular flexibility index (Phi) is 6.04. The van der Waals surface area contributed by atoms with Crippen molar-refractivity contribution in [2.24, 2.45) is 0 Å². The predicted molar refractivity (Wildman–Crippen MR) is 71.5 cm³/mol. The van der Waals surface area contributed by atoms with E-state index in [0.29, 0.717) is 11.5 Å². The lowest BCUT2D eigenvalue weighted by Gasteiger charge is -2.16. The molecule has 0 aromatic carbocycles. The van der Waals surface area contributed by atoms with Crippen LogP contribution < -0.4 is 10.6 Å². The lowest BCUT2D eigenvalue weighted by atomic mass is 10.2. The smallest absolute Gasteiger partial charge is 0.322 e. The molecular weight excluding hydrogens is 286 g/mol. The van der Waals surface area contributed by atoms with E-state index < -0.39 is 30.4 Å². The van der Waals surface area contributed by atoms with Gasteiger partial charge in [0, 0.05) is 11.8 Å². The summed E-state index contributed by atoms with van der Waals surface area (Å²) in [4.78, 5) is 34.0. The first-order valence-corrected chi connectivity index (χ1v) is 7.06. The lowest BCUT2D eigenvalue weighted by molar-refractivity contribution is -0.138. The molecule has 1 aromatic heterocycles. The summed E-state index contributed by atoms with van der Waals surface area (Å²) in [5.74, 6) is -1.47. The number of amides is 2. The lowest BCUT2D eigenvalue weighted by Crippen LogP contribution is -2.49. The topological polar surface area (TPSA) is 122 Å². The van der Waals surface area contributed by atoms with E-state index in [0.717, 1.165) is 0 Å². The quantitative estimate of drug-likeness (QED) is 0.629. The minimum absolute atomic E-state index is 0.0691. The summed E-state index contributed by atoms with van der Waals surface area (Å²) in [6.07, 6.45) is 1.77. The number of rotatable bonds is 7. The van der Waals surface area contributed by atoms with Crippen LogP contribution in [0.5, 0.6) is 0 Å². The molecule has 8 nitrogen and oxygen atoms in total. The number of carboxylic acids is 1. The minimum atomic E-state index is -1.15. The van der Waals surface area contributed by atoms with Crippen molar-refractivity contribution in [2.45, 2.75) is 13.0 Å². The first kappa shape index (κ1) is 16.0. The number of carbonyl (C=O) groups excluding carboxylic acids is 2. The average molecular weight is 301 g/mol. The van der Waals surface area contributed by atoms with Crippen LogP contribution in [0.2, 0.25) is 0 Å². The van der Waals surface area contributed by atoms with Crippen molar-refractivity contribution in [3.05, 3.63) is 17.5 Å². The van der Waals surface area contributed by atoms with Crippen LogP contribution >= 0.6 is 11.8 Å². The second kappa shape index (κ2) is 7.53. The number of carbonyl (C=O) groups is 3. The van der Waals surface area contributed by atoms with Gasteiger partial charge in [0.15, 0.2) is 5.69 Å². The molecule has 0 spiro atoms. The van der Waals surface area contributed by atoms with Gasteiger partial charge in [-0.05, 0) is 13.2 Å². The van der Waals surface area contributed by atoms with Gasteiger partial charge in [0.1, 0.15) is 18.3 Å². The van der Waals surface area contributed by atoms with Crippen LogP contribution in [0.15, 0.2) is 10.6 Å². The van der Waals surface area contributed by atoms with Crippen molar-refractivity contribution in [1.29, 1.82) is 0 Å². The predicted octanol–water partition coefficient (Wildman–Crippen LogP) is -0.355. The zero-order valence-corrected chi connectivity index (χ0v) is 11.8. The van der Waals surface area contributed by atoms with E-state index in [1.807, 2.05) is 0 Å². The maximum atomic E-state index is 11.8. The number of aliphatic carboxylic acids is 1. The van der Waals surface area contributed by atoms with Gasteiger partial charge in [-0.3, -0.25) is 14.4 Å². The molecule has 0 aliphatic heterocycles. The largest absolute Gasteiger partial charge is 0.480 e. The van der Waals surface area contributed by atoms with E-state index in [4.69, 9.17) is 9.63 Å². The Balaban J connectivity index is 2.64. The minimum Gasteiger partial charge on any atom is -0.480 e. The molecule has 3 N–H and O–H groups in total. The number of nitrogens with zero attached hydrogens (tertiary/aromatic N) is 1. The monoisotopic (exact) mass is 301 g/mol. The van der Waals surface area contributed by atoms with Gasteiger partial charge in [0.05, 0.1) is 0 Å². The van der Waals surface area contributed by atoms with Gasteiger partial charge >= 0.3 is 5.97 Å². The van der Waals surface area contributed by atoms with Crippen LogP contribution in [0, 0.1) is 6.92 Å². The van der Waals surface area contributed by atoms with Crippen molar-refractivity contribution in [2.75, 3.05) is 18.6 Å². The van der Waals surface area contributed by atoms with Gasteiger partial charge < -0.3 is 20.3 Å². The Hall–Kier alpha value is -2.03. The van der Waals surface area contributed by atoms with Crippen molar-refractivity contribution >= 4 is 29.5 Å². The number of aromatic nitrogens is 1. The van der Waals surface area contributed by atoms with E-state index in [9.17, 15) is 14.4 Å². The summed E-state index contributed by atoms with van der Waals surface area (Å²) in [6.45, 7) is 1.14. The molecular formula is C11H15N3O5S. The van der Waals surface area contributed by atoms with Crippen molar-refractivity contribution in [3.63, 3.8) is 0 Å². The summed E-state index contributed by atoms with van der Waals surface area (Å²) in [5.41, 5.74) is 0.0691. The molecule has 0 bridgehead atoms. The Bertz CT molecular complexity index is 502. The third-order valence-corrected chi connectivity index (χ3v) is 2.90.